The van der Waals surface area contributed by atoms with Crippen LogP contribution in [0.1, 0.15) is 0 Å². The van der Waals surface area contributed by atoms with Crippen LogP contribution in [0, 0.1) is 0 Å². The maximum Gasteiger partial charge on any atom is 0.247 e. The molecule has 0 atom stereocenters. The first kappa shape index (κ1) is 24.6. The van der Waals surface area contributed by atoms with Gasteiger partial charge < -0.3 is 19.9 Å². The minimum Gasteiger partial charge on any atom is -0.438 e. The van der Waals surface area contributed by atoms with Gasteiger partial charge in [0.25, 0.3) is 0 Å². The summed E-state index contributed by atoms with van der Waals surface area (Å²) in [4.78, 5) is 25.8. The maximum atomic E-state index is 13.0. The van der Waals surface area contributed by atoms with E-state index in [2.05, 4.69) is 31.7 Å². The quantitative estimate of drug-likeness (QED) is 0.359. The number of rotatable bonds is 7. The maximum absolute atomic E-state index is 13.0. The molecule has 0 aliphatic carbocycles. The van der Waals surface area contributed by atoms with Gasteiger partial charge in [0.15, 0.2) is 0 Å². The van der Waals surface area contributed by atoms with Crippen LogP contribution in [0.15, 0.2) is 78.5 Å². The lowest BCUT2D eigenvalue weighted by Gasteiger charge is -2.31. The van der Waals surface area contributed by atoms with Crippen molar-refractivity contribution in [3.8, 4) is 22.9 Å². The van der Waals surface area contributed by atoms with Crippen molar-refractivity contribution in [2.24, 2.45) is 0 Å². The summed E-state index contributed by atoms with van der Waals surface area (Å²) in [6, 6.07) is 15.6. The van der Waals surface area contributed by atoms with Gasteiger partial charge in [-0.1, -0.05) is 24.8 Å². The van der Waals surface area contributed by atoms with E-state index in [-0.39, 0.29) is 10.8 Å². The smallest absolute Gasteiger partial charge is 0.247 e. The summed E-state index contributed by atoms with van der Waals surface area (Å²) in [6.07, 6.45) is 2.59. The first-order valence-electron chi connectivity index (χ1n) is 11.7. The van der Waals surface area contributed by atoms with E-state index in [1.165, 1.54) is 16.7 Å². The largest absolute Gasteiger partial charge is 0.438 e. The minimum atomic E-state index is -3.54. The Morgan fingerprint density at radius 2 is 1.84 bits per heavy atom. The Morgan fingerprint density at radius 3 is 2.57 bits per heavy atom. The van der Waals surface area contributed by atoms with Crippen LogP contribution in [0.2, 0.25) is 0 Å². The van der Waals surface area contributed by atoms with Crippen molar-refractivity contribution in [2.75, 3.05) is 38.5 Å². The zero-order chi connectivity index (χ0) is 26.0. The van der Waals surface area contributed by atoms with Crippen molar-refractivity contribution in [3.05, 3.63) is 73.6 Å². The summed E-state index contributed by atoms with van der Waals surface area (Å²) >= 11 is 0. The first-order chi connectivity index (χ1) is 17.8. The molecule has 0 spiro atoms. The zero-order valence-corrected chi connectivity index (χ0v) is 21.0. The monoisotopic (exact) mass is 518 g/mol. The van der Waals surface area contributed by atoms with E-state index in [1.54, 1.807) is 48.5 Å². The molecule has 1 aliphatic heterocycles. The fourth-order valence-corrected chi connectivity index (χ4v) is 5.50. The number of H-pyrrole nitrogens is 1. The molecule has 0 radical (unpaired) electrons. The van der Waals surface area contributed by atoms with E-state index in [4.69, 9.17) is 4.74 Å². The average Bonchev–Trinajstić information content (AvgIpc) is 3.35. The number of carbonyl (C=O) groups excluding carboxylic acids is 1. The second-order valence-electron chi connectivity index (χ2n) is 8.68. The fraction of sp³-hybridized carbons (Fsp3) is 0.192. The van der Waals surface area contributed by atoms with Gasteiger partial charge >= 0.3 is 0 Å². The third-order valence-corrected chi connectivity index (χ3v) is 8.07. The molecular weight excluding hydrogens is 492 g/mol. The van der Waals surface area contributed by atoms with Crippen LogP contribution in [-0.4, -0.2) is 71.7 Å². The lowest BCUT2D eigenvalue weighted by Crippen LogP contribution is -2.46. The molecule has 1 amide bonds. The second kappa shape index (κ2) is 10.1. The number of nitrogens with zero attached hydrogens (tertiary/aromatic N) is 4. The number of amides is 1. The third kappa shape index (κ3) is 5.24. The normalized spacial score (nSPS) is 14.9. The molecule has 10 nitrogen and oxygen atoms in total. The number of anilines is 1. The Morgan fingerprint density at radius 1 is 1.08 bits per heavy atom. The predicted octanol–water partition coefficient (Wildman–Crippen LogP) is 3.48. The Kier molecular flexibility index (Phi) is 6.74. The zero-order valence-electron chi connectivity index (χ0n) is 20.2. The number of ether oxygens (including phenoxy) is 1. The molecule has 2 aromatic heterocycles. The Bertz CT molecular complexity index is 1560. The highest BCUT2D eigenvalue weighted by Crippen LogP contribution is 2.32. The topological polar surface area (TPSA) is 121 Å². The van der Waals surface area contributed by atoms with Gasteiger partial charge in [-0.15, -0.1) is 0 Å². The number of sulfonamides is 1. The van der Waals surface area contributed by atoms with Crippen molar-refractivity contribution in [1.82, 2.24) is 24.2 Å². The molecule has 1 aliphatic rings. The van der Waals surface area contributed by atoms with Crippen LogP contribution in [0.5, 0.6) is 11.6 Å². The van der Waals surface area contributed by atoms with Gasteiger partial charge in [0.1, 0.15) is 17.7 Å². The average molecular weight is 519 g/mol. The molecule has 190 valence electrons. The molecule has 0 bridgehead atoms. The number of hydrogen-bond acceptors (Lipinski definition) is 7. The lowest BCUT2D eigenvalue weighted by atomic mass is 10.1. The highest BCUT2D eigenvalue weighted by atomic mass is 32.2. The van der Waals surface area contributed by atoms with Gasteiger partial charge in [0, 0.05) is 43.6 Å². The number of piperazine rings is 1. The predicted molar refractivity (Wildman–Crippen MR) is 141 cm³/mol. The van der Waals surface area contributed by atoms with Crippen LogP contribution in [-0.2, 0) is 14.8 Å². The number of aromatic amines is 1. The van der Waals surface area contributed by atoms with Crippen molar-refractivity contribution < 1.29 is 17.9 Å². The molecule has 0 saturated carbocycles. The van der Waals surface area contributed by atoms with Gasteiger partial charge in [0.2, 0.25) is 21.8 Å². The summed E-state index contributed by atoms with van der Waals surface area (Å²) in [6.45, 7) is 5.84. The minimum absolute atomic E-state index is 0.268. The Hall–Kier alpha value is -4.06. The highest BCUT2D eigenvalue weighted by Gasteiger charge is 2.27. The summed E-state index contributed by atoms with van der Waals surface area (Å²) in [5.41, 5.74) is 2.69. The number of hydrogen-bond donors (Lipinski definition) is 2. The molecule has 0 unspecified atom stereocenters. The third-order valence-electron chi connectivity index (χ3n) is 6.16. The van der Waals surface area contributed by atoms with Crippen LogP contribution in [0.4, 0.5) is 5.69 Å². The molecular formula is C26H26N6O4S. The molecule has 1 fully saturated rings. The van der Waals surface area contributed by atoms with Gasteiger partial charge in [-0.3, -0.25) is 4.79 Å². The van der Waals surface area contributed by atoms with E-state index in [1.807, 2.05) is 13.1 Å². The Balaban J connectivity index is 1.38. The van der Waals surface area contributed by atoms with Gasteiger partial charge in [-0.25, -0.2) is 18.4 Å². The lowest BCUT2D eigenvalue weighted by molar-refractivity contribution is -0.111. The molecule has 4 aromatic rings. The molecule has 2 N–H and O–H groups in total. The molecule has 5 rings (SSSR count). The molecule has 2 aromatic carbocycles. The van der Waals surface area contributed by atoms with Crippen LogP contribution in [0.3, 0.4) is 0 Å². The number of benzene rings is 2. The van der Waals surface area contributed by atoms with Crippen LogP contribution in [0.25, 0.3) is 22.3 Å². The van der Waals surface area contributed by atoms with E-state index >= 15 is 0 Å². The van der Waals surface area contributed by atoms with Crippen molar-refractivity contribution in [1.29, 1.82) is 0 Å². The van der Waals surface area contributed by atoms with Gasteiger partial charge in [-0.05, 0) is 49.0 Å². The first-order valence-corrected chi connectivity index (χ1v) is 13.1. The van der Waals surface area contributed by atoms with Crippen molar-refractivity contribution >= 4 is 32.7 Å². The van der Waals surface area contributed by atoms with Gasteiger partial charge in [-0.2, -0.15) is 4.31 Å². The standard InChI is InChI=1S/C26H26N6O4S/c1-3-24(33)29-19-5-4-6-20(15-19)36-26-22-16-23(30-25(22)27-17-28-26)18-7-9-21(10-8-18)37(34,35)32-13-11-31(2)12-14-32/h3-10,15-17H,1,11-14H2,2H3,(H,29,33)(H,27,28,30). The van der Waals surface area contributed by atoms with E-state index in [0.717, 1.165) is 11.3 Å². The number of nitrogens with one attached hydrogen (secondary N) is 2. The highest BCUT2D eigenvalue weighted by molar-refractivity contribution is 7.89. The Labute approximate surface area is 214 Å². The van der Waals surface area contributed by atoms with Crippen LogP contribution >= 0.6 is 0 Å². The van der Waals surface area contributed by atoms with E-state index < -0.39 is 10.0 Å². The summed E-state index contributed by atoms with van der Waals surface area (Å²) in [5, 5.41) is 3.35. The van der Waals surface area contributed by atoms with Crippen molar-refractivity contribution in [3.63, 3.8) is 0 Å². The fourth-order valence-electron chi connectivity index (χ4n) is 4.08. The SMILES string of the molecule is C=CC(=O)Nc1cccc(Oc2ncnc3[nH]c(-c4ccc(S(=O)(=O)N5CCN(C)CC5)cc4)cc23)c1. The molecule has 1 saturated heterocycles. The van der Waals surface area contributed by atoms with Gasteiger partial charge in [0.05, 0.1) is 10.3 Å². The summed E-state index contributed by atoms with van der Waals surface area (Å²) in [5.74, 6) is 0.510. The number of likely N-dealkylation sites (N-methyl/N-ethyl adjacent to an activating group) is 1. The van der Waals surface area contributed by atoms with E-state index in [0.29, 0.717) is 54.5 Å². The molecule has 37 heavy (non-hydrogen) atoms. The summed E-state index contributed by atoms with van der Waals surface area (Å²) in [7, 11) is -1.55. The summed E-state index contributed by atoms with van der Waals surface area (Å²) < 4.78 is 33.6. The number of aromatic nitrogens is 3. The van der Waals surface area contributed by atoms with E-state index in [9.17, 15) is 13.2 Å². The van der Waals surface area contributed by atoms with Crippen LogP contribution < -0.4 is 10.1 Å². The molecule has 11 heteroatoms. The second-order valence-corrected chi connectivity index (χ2v) is 10.6. The van der Waals surface area contributed by atoms with Crippen molar-refractivity contribution in [2.45, 2.75) is 4.90 Å². The molecule has 3 heterocycles. The number of fused-ring (bicyclic) bond motifs is 1. The number of carbonyl (C=O) groups is 1.